The van der Waals surface area contributed by atoms with Crippen molar-refractivity contribution in [2.75, 3.05) is 7.11 Å². The van der Waals surface area contributed by atoms with E-state index in [0.29, 0.717) is 25.7 Å². The van der Waals surface area contributed by atoms with Crippen LogP contribution < -0.4 is 0 Å². The summed E-state index contributed by atoms with van der Waals surface area (Å²) in [6.45, 7) is 3.97. The van der Waals surface area contributed by atoms with Crippen LogP contribution in [0, 0.1) is 17.3 Å². The van der Waals surface area contributed by atoms with Crippen LogP contribution in [0.2, 0.25) is 0 Å². The molecule has 0 aromatic rings. The molecule has 5 nitrogen and oxygen atoms in total. The smallest absolute Gasteiger partial charge is 0.305 e. The van der Waals surface area contributed by atoms with Crippen LogP contribution in [0.3, 0.4) is 0 Å². The maximum Gasteiger partial charge on any atom is 0.305 e. The Balaban J connectivity index is 1.82. The van der Waals surface area contributed by atoms with Crippen molar-refractivity contribution in [3.05, 3.63) is 36.5 Å². The van der Waals surface area contributed by atoms with Gasteiger partial charge in [0.25, 0.3) is 0 Å². The van der Waals surface area contributed by atoms with E-state index in [1.165, 1.54) is 20.0 Å². The highest BCUT2D eigenvalue weighted by Crippen LogP contribution is 2.46. The maximum absolute atomic E-state index is 12.3. The number of rotatable bonds is 11. The summed E-state index contributed by atoms with van der Waals surface area (Å²) in [6.07, 6.45) is 16.4. The number of carbonyl (C=O) groups is 2. The lowest BCUT2D eigenvalue weighted by molar-refractivity contribution is -0.140. The minimum atomic E-state index is -0.923. The number of Topliss-reactive ketones (excluding diaryl/α,β-unsaturated/α-hetero) is 1. The van der Waals surface area contributed by atoms with E-state index < -0.39 is 11.7 Å². The van der Waals surface area contributed by atoms with Gasteiger partial charge in [-0.15, -0.1) is 0 Å². The molecule has 0 saturated heterocycles. The Labute approximate surface area is 174 Å². The van der Waals surface area contributed by atoms with Crippen molar-refractivity contribution in [2.45, 2.75) is 76.9 Å². The molecule has 0 aromatic heterocycles. The number of allylic oxidation sites excluding steroid dienone is 3. The fourth-order valence-electron chi connectivity index (χ4n) is 3.68. The predicted molar refractivity (Wildman–Crippen MR) is 113 cm³/mol. The van der Waals surface area contributed by atoms with Gasteiger partial charge in [0.15, 0.2) is 0 Å². The lowest BCUT2D eigenvalue weighted by Crippen LogP contribution is -2.21. The lowest BCUT2D eigenvalue weighted by Gasteiger charge is -2.20. The van der Waals surface area contributed by atoms with Gasteiger partial charge in [-0.25, -0.2) is 0 Å². The number of hydrogen-bond acceptors (Lipinski definition) is 5. The maximum atomic E-state index is 12.3. The summed E-state index contributed by atoms with van der Waals surface area (Å²) in [7, 11) is 1.37. The average molecular weight is 405 g/mol. The molecule has 0 unspecified atom stereocenters. The molecule has 2 rings (SSSR count). The zero-order valence-corrected chi connectivity index (χ0v) is 18.0. The van der Waals surface area contributed by atoms with Gasteiger partial charge in [-0.2, -0.15) is 0 Å². The van der Waals surface area contributed by atoms with E-state index in [9.17, 15) is 19.8 Å². The number of aliphatic hydroxyl groups excluding tert-OH is 1. The van der Waals surface area contributed by atoms with E-state index in [0.717, 1.165) is 6.42 Å². The molecular formula is C24H36O5. The first kappa shape index (κ1) is 23.6. The molecule has 29 heavy (non-hydrogen) atoms. The second-order valence-corrected chi connectivity index (χ2v) is 9.06. The predicted octanol–water partition coefficient (Wildman–Crippen LogP) is 3.90. The Morgan fingerprint density at radius 1 is 1.28 bits per heavy atom. The first-order valence-corrected chi connectivity index (χ1v) is 10.7. The van der Waals surface area contributed by atoms with Crippen LogP contribution in [0.1, 0.15) is 65.2 Å². The van der Waals surface area contributed by atoms with E-state index in [2.05, 4.69) is 17.7 Å². The van der Waals surface area contributed by atoms with Crippen molar-refractivity contribution in [1.82, 2.24) is 0 Å². The zero-order valence-electron chi connectivity index (χ0n) is 18.0. The van der Waals surface area contributed by atoms with Gasteiger partial charge in [-0.1, -0.05) is 43.4 Å². The van der Waals surface area contributed by atoms with Crippen LogP contribution in [0.4, 0.5) is 0 Å². The Kier molecular flexibility index (Phi) is 8.41. The molecule has 5 heteroatoms. The largest absolute Gasteiger partial charge is 0.469 e. The summed E-state index contributed by atoms with van der Waals surface area (Å²) >= 11 is 0. The van der Waals surface area contributed by atoms with Gasteiger partial charge in [0.2, 0.25) is 0 Å². The molecule has 4 atom stereocenters. The number of ether oxygens (including phenoxy) is 1. The van der Waals surface area contributed by atoms with E-state index in [-0.39, 0.29) is 35.4 Å². The number of hydrogen-bond donors (Lipinski definition) is 2. The van der Waals surface area contributed by atoms with Crippen molar-refractivity contribution < 1.29 is 24.5 Å². The van der Waals surface area contributed by atoms with Crippen molar-refractivity contribution in [1.29, 1.82) is 0 Å². The molecule has 2 aliphatic rings. The Morgan fingerprint density at radius 2 is 1.97 bits per heavy atom. The molecule has 0 aromatic carbocycles. The summed E-state index contributed by atoms with van der Waals surface area (Å²) in [5, 5.41) is 20.8. The lowest BCUT2D eigenvalue weighted by atomic mass is 9.88. The second-order valence-electron chi connectivity index (χ2n) is 9.06. The second kappa shape index (κ2) is 10.4. The van der Waals surface area contributed by atoms with Crippen LogP contribution in [-0.4, -0.2) is 40.8 Å². The van der Waals surface area contributed by atoms with Crippen molar-refractivity contribution in [3.63, 3.8) is 0 Å². The first-order valence-electron chi connectivity index (χ1n) is 10.7. The molecule has 0 amide bonds. The molecule has 2 saturated carbocycles. The minimum Gasteiger partial charge on any atom is -0.469 e. The van der Waals surface area contributed by atoms with E-state index >= 15 is 0 Å². The van der Waals surface area contributed by atoms with Crippen LogP contribution >= 0.6 is 0 Å². The zero-order chi connectivity index (χ0) is 21.5. The Bertz CT molecular complexity index is 654. The molecule has 0 radical (unpaired) electrons. The van der Waals surface area contributed by atoms with Gasteiger partial charge >= 0.3 is 5.97 Å². The van der Waals surface area contributed by atoms with Gasteiger partial charge in [-0.05, 0) is 50.9 Å². The fourth-order valence-corrected chi connectivity index (χ4v) is 3.68. The summed E-state index contributed by atoms with van der Waals surface area (Å²) < 4.78 is 4.60. The summed E-state index contributed by atoms with van der Waals surface area (Å²) in [5.41, 5.74) is -0.676. The van der Waals surface area contributed by atoms with E-state index in [4.69, 9.17) is 0 Å². The summed E-state index contributed by atoms with van der Waals surface area (Å²) in [6, 6.07) is 0. The van der Waals surface area contributed by atoms with Crippen molar-refractivity contribution >= 4 is 11.8 Å². The van der Waals surface area contributed by atoms with Crippen molar-refractivity contribution in [2.24, 2.45) is 17.3 Å². The van der Waals surface area contributed by atoms with Crippen LogP contribution in [-0.2, 0) is 14.3 Å². The number of ketones is 1. The van der Waals surface area contributed by atoms with E-state index in [1.807, 2.05) is 30.4 Å². The molecule has 2 aliphatic carbocycles. The molecule has 0 heterocycles. The van der Waals surface area contributed by atoms with Gasteiger partial charge < -0.3 is 14.9 Å². The molecule has 0 aliphatic heterocycles. The highest BCUT2D eigenvalue weighted by molar-refractivity contribution is 5.84. The van der Waals surface area contributed by atoms with Gasteiger partial charge in [0, 0.05) is 24.7 Å². The van der Waals surface area contributed by atoms with Crippen LogP contribution in [0.15, 0.2) is 36.5 Å². The Hall–Kier alpha value is -1.72. The Morgan fingerprint density at radius 3 is 2.62 bits per heavy atom. The number of carbonyl (C=O) groups excluding carboxylic acids is 2. The third kappa shape index (κ3) is 7.90. The third-order valence-electron chi connectivity index (χ3n) is 6.06. The fraction of sp³-hybridized carbons (Fsp3) is 0.667. The van der Waals surface area contributed by atoms with Crippen molar-refractivity contribution in [3.8, 4) is 0 Å². The first-order chi connectivity index (χ1) is 13.7. The van der Waals surface area contributed by atoms with Crippen LogP contribution in [0.5, 0.6) is 0 Å². The summed E-state index contributed by atoms with van der Waals surface area (Å²) in [5.74, 6) is -0.529. The molecule has 0 bridgehead atoms. The van der Waals surface area contributed by atoms with E-state index in [1.54, 1.807) is 6.92 Å². The minimum absolute atomic E-state index is 0.100. The molecule has 0 spiro atoms. The van der Waals surface area contributed by atoms with Gasteiger partial charge in [0.1, 0.15) is 5.78 Å². The van der Waals surface area contributed by atoms with Crippen LogP contribution in [0.25, 0.3) is 0 Å². The molecular weight excluding hydrogens is 368 g/mol. The quantitative estimate of drug-likeness (QED) is 0.403. The number of esters is 1. The SMILES string of the molecule is COC(=O)CC/C=C\CC[C@H]1C(=O)C[C@@H](O)[C@@H]1/C=C/C[C@@](C)(O)/C=C/C1(C)CC1. The highest BCUT2D eigenvalue weighted by Gasteiger charge is 2.39. The number of methoxy groups -OCH3 is 1. The highest BCUT2D eigenvalue weighted by atomic mass is 16.5. The average Bonchev–Trinajstić information content (AvgIpc) is 3.34. The standard InChI is InChI=1S/C24H36O5/c1-23(13-14-23)15-16-24(2,28)12-8-10-19-18(20(25)17-21(19)26)9-6-4-5-7-11-22(27)29-3/h4-5,8,10,15-16,18-19,21,26,28H,6-7,9,11-14,17H2,1-3H3/b5-4-,10-8+,16-15+/t18-,19-,21-,24-/m1/s1. The van der Waals surface area contributed by atoms with Gasteiger partial charge in [-0.3, -0.25) is 9.59 Å². The topological polar surface area (TPSA) is 83.8 Å². The molecule has 2 N–H and O–H groups in total. The van der Waals surface area contributed by atoms with Gasteiger partial charge in [0.05, 0.1) is 18.8 Å². The molecule has 2 fully saturated rings. The molecule has 162 valence electrons. The monoisotopic (exact) mass is 404 g/mol. The summed E-state index contributed by atoms with van der Waals surface area (Å²) in [4.78, 5) is 23.4. The third-order valence-corrected chi connectivity index (χ3v) is 6.06. The number of aliphatic hydroxyl groups is 2. The normalized spacial score (nSPS) is 28.4.